The third kappa shape index (κ3) is 3.11. The van der Waals surface area contributed by atoms with Crippen LogP contribution in [-0.4, -0.2) is 26.3 Å². The minimum absolute atomic E-state index is 0.477. The van der Waals surface area contributed by atoms with Crippen LogP contribution in [0.25, 0.3) is 0 Å². The summed E-state index contributed by atoms with van der Waals surface area (Å²) in [4.78, 5) is 16.4. The van der Waals surface area contributed by atoms with Gasteiger partial charge in [-0.25, -0.2) is 4.98 Å². The highest BCUT2D eigenvalue weighted by atomic mass is 16.4. The summed E-state index contributed by atoms with van der Waals surface area (Å²) in [6.45, 7) is 0. The molecule has 0 radical (unpaired) electrons. The molecule has 1 aromatic rings. The Morgan fingerprint density at radius 3 is 2.43 bits per heavy atom. The fraction of sp³-hybridized carbons (Fsp3) is 0.812. The Labute approximate surface area is 125 Å². The maximum Gasteiger partial charge on any atom is 0.310 e. The summed E-state index contributed by atoms with van der Waals surface area (Å²) >= 11 is 0. The number of aliphatic carboxylic acids is 1. The number of carboxylic acid groups (broad SMARTS) is 1. The van der Waals surface area contributed by atoms with Crippen LogP contribution in [0.5, 0.6) is 0 Å². The Balaban J connectivity index is 1.74. The lowest BCUT2D eigenvalue weighted by atomic mass is 9.77. The molecule has 21 heavy (non-hydrogen) atoms. The van der Waals surface area contributed by atoms with Gasteiger partial charge in [-0.3, -0.25) is 9.89 Å². The van der Waals surface area contributed by atoms with Crippen LogP contribution in [0.2, 0.25) is 0 Å². The number of hydrogen-bond acceptors (Lipinski definition) is 3. The highest BCUT2D eigenvalue weighted by molar-refractivity contribution is 5.75. The maximum atomic E-state index is 11.8. The predicted octanol–water partition coefficient (Wildman–Crippen LogP) is 3.43. The third-order valence-electron chi connectivity index (χ3n) is 5.29. The smallest absolute Gasteiger partial charge is 0.310 e. The molecular weight excluding hydrogens is 266 g/mol. The summed E-state index contributed by atoms with van der Waals surface area (Å²) in [5, 5.41) is 17.1. The van der Waals surface area contributed by atoms with Gasteiger partial charge in [-0.1, -0.05) is 38.5 Å². The number of hydrogen-bond donors (Lipinski definition) is 2. The standard InChI is InChI=1S/C16H25N3O2/c20-15(21)16(9-5-1-2-6-10-16)11-13-17-14(19-18-13)12-7-3-4-8-12/h12H,1-11H2,(H,20,21)(H,17,18,19). The zero-order chi connectivity index (χ0) is 14.7. The summed E-state index contributed by atoms with van der Waals surface area (Å²) in [7, 11) is 0. The molecule has 116 valence electrons. The summed E-state index contributed by atoms with van der Waals surface area (Å²) in [6, 6.07) is 0. The molecule has 0 bridgehead atoms. The van der Waals surface area contributed by atoms with Crippen molar-refractivity contribution in [3.05, 3.63) is 11.6 Å². The van der Waals surface area contributed by atoms with Gasteiger partial charge in [0.25, 0.3) is 0 Å². The molecule has 0 aliphatic heterocycles. The molecule has 3 rings (SSSR count). The first kappa shape index (κ1) is 14.5. The van der Waals surface area contributed by atoms with Crippen molar-refractivity contribution in [2.24, 2.45) is 5.41 Å². The van der Waals surface area contributed by atoms with Crippen LogP contribution in [-0.2, 0) is 11.2 Å². The second-order valence-electron chi connectivity index (χ2n) is 6.80. The van der Waals surface area contributed by atoms with Gasteiger partial charge < -0.3 is 5.11 Å². The highest BCUT2D eigenvalue weighted by Gasteiger charge is 2.39. The van der Waals surface area contributed by atoms with Gasteiger partial charge in [0.2, 0.25) is 0 Å². The Morgan fingerprint density at radius 2 is 1.81 bits per heavy atom. The van der Waals surface area contributed by atoms with E-state index in [4.69, 9.17) is 0 Å². The number of aromatic amines is 1. The van der Waals surface area contributed by atoms with Gasteiger partial charge >= 0.3 is 5.97 Å². The van der Waals surface area contributed by atoms with Crippen molar-refractivity contribution >= 4 is 5.97 Å². The van der Waals surface area contributed by atoms with Crippen LogP contribution < -0.4 is 0 Å². The van der Waals surface area contributed by atoms with Crippen molar-refractivity contribution < 1.29 is 9.90 Å². The van der Waals surface area contributed by atoms with E-state index in [1.807, 2.05) is 0 Å². The molecule has 0 amide bonds. The number of rotatable bonds is 4. The van der Waals surface area contributed by atoms with Crippen molar-refractivity contribution in [1.29, 1.82) is 0 Å². The van der Waals surface area contributed by atoms with E-state index in [-0.39, 0.29) is 0 Å². The molecule has 1 heterocycles. The van der Waals surface area contributed by atoms with Crippen molar-refractivity contribution in [3.8, 4) is 0 Å². The summed E-state index contributed by atoms with van der Waals surface area (Å²) in [5.74, 6) is 1.48. The SMILES string of the molecule is O=C(O)C1(Cc2nc(C3CCCC3)n[nH]2)CCCCCC1. The fourth-order valence-electron chi connectivity index (χ4n) is 3.95. The van der Waals surface area contributed by atoms with E-state index in [2.05, 4.69) is 15.2 Å². The van der Waals surface area contributed by atoms with Gasteiger partial charge in [0.1, 0.15) is 5.82 Å². The molecule has 2 aliphatic carbocycles. The van der Waals surface area contributed by atoms with Crippen molar-refractivity contribution in [1.82, 2.24) is 15.2 Å². The van der Waals surface area contributed by atoms with Gasteiger partial charge in [0.15, 0.2) is 5.82 Å². The van der Waals surface area contributed by atoms with E-state index >= 15 is 0 Å². The van der Waals surface area contributed by atoms with E-state index in [0.717, 1.165) is 50.2 Å². The predicted molar refractivity (Wildman–Crippen MR) is 79.1 cm³/mol. The summed E-state index contributed by atoms with van der Waals surface area (Å²) in [6.07, 6.45) is 11.2. The zero-order valence-electron chi connectivity index (χ0n) is 12.6. The molecule has 0 spiro atoms. The van der Waals surface area contributed by atoms with Crippen LogP contribution in [0.3, 0.4) is 0 Å². The molecule has 5 heteroatoms. The van der Waals surface area contributed by atoms with Gasteiger partial charge in [-0.15, -0.1) is 0 Å². The van der Waals surface area contributed by atoms with Crippen molar-refractivity contribution in [3.63, 3.8) is 0 Å². The van der Waals surface area contributed by atoms with Gasteiger partial charge in [-0.05, 0) is 25.7 Å². The number of H-pyrrole nitrogens is 1. The molecular formula is C16H25N3O2. The Kier molecular flexibility index (Phi) is 4.27. The quantitative estimate of drug-likeness (QED) is 0.833. The molecule has 1 aromatic heterocycles. The molecule has 5 nitrogen and oxygen atoms in total. The Morgan fingerprint density at radius 1 is 1.14 bits per heavy atom. The van der Waals surface area contributed by atoms with Crippen molar-refractivity contribution in [2.45, 2.75) is 76.5 Å². The monoisotopic (exact) mass is 291 g/mol. The molecule has 2 aliphatic rings. The van der Waals surface area contributed by atoms with Crippen LogP contribution in [0.1, 0.15) is 81.8 Å². The first-order valence-electron chi connectivity index (χ1n) is 8.34. The second-order valence-corrected chi connectivity index (χ2v) is 6.80. The topological polar surface area (TPSA) is 78.9 Å². The number of nitrogens with zero attached hydrogens (tertiary/aromatic N) is 2. The summed E-state index contributed by atoms with van der Waals surface area (Å²) < 4.78 is 0. The average molecular weight is 291 g/mol. The second kappa shape index (κ2) is 6.16. The first-order valence-corrected chi connectivity index (χ1v) is 8.34. The van der Waals surface area contributed by atoms with Crippen LogP contribution in [0, 0.1) is 5.41 Å². The minimum Gasteiger partial charge on any atom is -0.481 e. The molecule has 0 atom stereocenters. The molecule has 0 aromatic carbocycles. The van der Waals surface area contributed by atoms with Crippen LogP contribution in [0.15, 0.2) is 0 Å². The number of carbonyl (C=O) groups is 1. The average Bonchev–Trinajstić information content (AvgIpc) is 3.07. The lowest BCUT2D eigenvalue weighted by Gasteiger charge is -2.26. The van der Waals surface area contributed by atoms with Gasteiger partial charge in [0.05, 0.1) is 5.41 Å². The molecule has 2 saturated carbocycles. The largest absolute Gasteiger partial charge is 0.481 e. The zero-order valence-corrected chi connectivity index (χ0v) is 12.6. The van der Waals surface area contributed by atoms with Crippen LogP contribution in [0.4, 0.5) is 0 Å². The van der Waals surface area contributed by atoms with Gasteiger partial charge in [-0.2, -0.15) is 5.10 Å². The molecule has 0 saturated heterocycles. The highest BCUT2D eigenvalue weighted by Crippen LogP contribution is 2.38. The molecule has 2 fully saturated rings. The Bertz CT molecular complexity index is 483. The van der Waals surface area contributed by atoms with Gasteiger partial charge in [0, 0.05) is 12.3 Å². The fourth-order valence-corrected chi connectivity index (χ4v) is 3.95. The first-order chi connectivity index (χ1) is 10.2. The minimum atomic E-state index is -0.664. The normalized spacial score (nSPS) is 23.0. The Hall–Kier alpha value is -1.39. The lowest BCUT2D eigenvalue weighted by molar-refractivity contribution is -0.150. The van der Waals surface area contributed by atoms with E-state index in [1.54, 1.807) is 0 Å². The van der Waals surface area contributed by atoms with E-state index in [1.165, 1.54) is 25.7 Å². The number of aromatic nitrogens is 3. The molecule has 0 unspecified atom stereocenters. The van der Waals surface area contributed by atoms with E-state index < -0.39 is 11.4 Å². The maximum absolute atomic E-state index is 11.8. The summed E-state index contributed by atoms with van der Waals surface area (Å²) in [5.41, 5.74) is -0.636. The lowest BCUT2D eigenvalue weighted by Crippen LogP contribution is -2.33. The van der Waals surface area contributed by atoms with E-state index in [9.17, 15) is 9.90 Å². The third-order valence-corrected chi connectivity index (χ3v) is 5.29. The number of carboxylic acids is 1. The van der Waals surface area contributed by atoms with Crippen molar-refractivity contribution in [2.75, 3.05) is 0 Å². The molecule has 2 N–H and O–H groups in total. The van der Waals surface area contributed by atoms with E-state index in [0.29, 0.717) is 12.3 Å². The van der Waals surface area contributed by atoms with Crippen LogP contribution >= 0.6 is 0 Å². The number of nitrogens with one attached hydrogen (secondary N) is 1.